The van der Waals surface area contributed by atoms with Crippen LogP contribution in [0.1, 0.15) is 22.8 Å². The molecule has 0 aliphatic rings. The Morgan fingerprint density at radius 2 is 1.64 bits per heavy atom. The van der Waals surface area contributed by atoms with Gasteiger partial charge in [-0.1, -0.05) is 12.1 Å². The van der Waals surface area contributed by atoms with E-state index in [9.17, 15) is 9.90 Å². The quantitative estimate of drug-likeness (QED) is 0.621. The van der Waals surface area contributed by atoms with E-state index in [1.807, 2.05) is 0 Å². The number of ether oxygens (including phenoxy) is 3. The number of methoxy groups -OCH3 is 3. The third-order valence-electron chi connectivity index (χ3n) is 3.55. The number of hydrogen-bond donors (Lipinski definition) is 2. The first-order chi connectivity index (χ1) is 12.0. The maximum absolute atomic E-state index is 12.1. The van der Waals surface area contributed by atoms with Gasteiger partial charge in [-0.05, 0) is 19.1 Å². The fraction of sp³-hybridized carbons (Fsp3) is 0.222. The van der Waals surface area contributed by atoms with Crippen LogP contribution < -0.4 is 19.6 Å². The fourth-order valence-electron chi connectivity index (χ4n) is 2.28. The first kappa shape index (κ1) is 18.1. The lowest BCUT2D eigenvalue weighted by Crippen LogP contribution is -2.19. The average Bonchev–Trinajstić information content (AvgIpc) is 2.64. The fourth-order valence-corrected chi connectivity index (χ4v) is 2.28. The van der Waals surface area contributed by atoms with Crippen molar-refractivity contribution < 1.29 is 24.1 Å². The second-order valence-electron chi connectivity index (χ2n) is 5.06. The number of nitrogens with one attached hydrogen (secondary N) is 1. The summed E-state index contributed by atoms with van der Waals surface area (Å²) in [6.45, 7) is 1.71. The normalized spacial score (nSPS) is 11.0. The largest absolute Gasteiger partial charge is 0.507 e. The second kappa shape index (κ2) is 8.05. The highest BCUT2D eigenvalue weighted by Gasteiger charge is 2.17. The number of benzene rings is 2. The van der Waals surface area contributed by atoms with Gasteiger partial charge in [0.1, 0.15) is 23.0 Å². The summed E-state index contributed by atoms with van der Waals surface area (Å²) in [5.41, 5.74) is 3.61. The molecule has 0 bridgehead atoms. The zero-order chi connectivity index (χ0) is 18.4. The van der Waals surface area contributed by atoms with E-state index >= 15 is 0 Å². The number of phenolic OH excluding ortho intramolecular Hbond substituents is 1. The summed E-state index contributed by atoms with van der Waals surface area (Å²) in [5, 5.41) is 13.8. The minimum atomic E-state index is -0.524. The monoisotopic (exact) mass is 344 g/mol. The third kappa shape index (κ3) is 4.00. The van der Waals surface area contributed by atoms with Gasteiger partial charge in [0.05, 0.1) is 38.2 Å². The molecule has 2 aromatic rings. The molecule has 0 aliphatic carbocycles. The molecule has 0 saturated heterocycles. The molecule has 0 aromatic heterocycles. The smallest absolute Gasteiger partial charge is 0.275 e. The molecule has 0 atom stereocenters. The van der Waals surface area contributed by atoms with Crippen LogP contribution in [0.25, 0.3) is 0 Å². The number of hydrogen-bond acceptors (Lipinski definition) is 6. The van der Waals surface area contributed by atoms with Crippen LogP contribution in [0.2, 0.25) is 0 Å². The van der Waals surface area contributed by atoms with Crippen LogP contribution in [-0.4, -0.2) is 38.1 Å². The van der Waals surface area contributed by atoms with Gasteiger partial charge in [-0.15, -0.1) is 0 Å². The summed E-state index contributed by atoms with van der Waals surface area (Å²) in [6, 6.07) is 9.61. The van der Waals surface area contributed by atoms with Crippen molar-refractivity contribution in [2.75, 3.05) is 21.3 Å². The Bertz CT molecular complexity index is 777. The minimum absolute atomic E-state index is 0.118. The van der Waals surface area contributed by atoms with Crippen LogP contribution in [-0.2, 0) is 0 Å². The number of aromatic hydroxyl groups is 1. The summed E-state index contributed by atoms with van der Waals surface area (Å²) in [6.07, 6.45) is 0. The molecule has 1 amide bonds. The number of carbonyl (C=O) groups is 1. The van der Waals surface area contributed by atoms with Crippen LogP contribution >= 0.6 is 0 Å². The average molecular weight is 344 g/mol. The van der Waals surface area contributed by atoms with Gasteiger partial charge in [0.15, 0.2) is 0 Å². The van der Waals surface area contributed by atoms with E-state index in [1.165, 1.54) is 26.4 Å². The van der Waals surface area contributed by atoms with Crippen LogP contribution in [0.3, 0.4) is 0 Å². The van der Waals surface area contributed by atoms with E-state index in [1.54, 1.807) is 38.3 Å². The predicted molar refractivity (Wildman–Crippen MR) is 93.9 cm³/mol. The van der Waals surface area contributed by atoms with Crippen molar-refractivity contribution in [1.29, 1.82) is 0 Å². The summed E-state index contributed by atoms with van der Waals surface area (Å²) in [5.74, 6) is 0.920. The molecule has 0 aliphatic heterocycles. The number of phenols is 1. The highest BCUT2D eigenvalue weighted by Crippen LogP contribution is 2.34. The van der Waals surface area contributed by atoms with E-state index in [0.29, 0.717) is 28.5 Å². The zero-order valence-electron chi connectivity index (χ0n) is 14.5. The minimum Gasteiger partial charge on any atom is -0.507 e. The second-order valence-corrected chi connectivity index (χ2v) is 5.06. The first-order valence-corrected chi connectivity index (χ1v) is 7.44. The Morgan fingerprint density at radius 3 is 2.16 bits per heavy atom. The number of hydrazone groups is 1. The van der Waals surface area contributed by atoms with Crippen molar-refractivity contribution >= 4 is 11.6 Å². The van der Waals surface area contributed by atoms with Crippen LogP contribution in [0.5, 0.6) is 23.0 Å². The first-order valence-electron chi connectivity index (χ1n) is 7.44. The Balaban J connectivity index is 2.33. The van der Waals surface area contributed by atoms with Crippen LogP contribution in [0.15, 0.2) is 41.5 Å². The topological polar surface area (TPSA) is 89.4 Å². The lowest BCUT2D eigenvalue weighted by atomic mass is 10.1. The van der Waals surface area contributed by atoms with Gasteiger partial charge in [0.25, 0.3) is 5.91 Å². The van der Waals surface area contributed by atoms with E-state index in [4.69, 9.17) is 14.2 Å². The molecule has 0 heterocycles. The Hall–Kier alpha value is -3.22. The van der Waals surface area contributed by atoms with E-state index < -0.39 is 5.91 Å². The molecule has 25 heavy (non-hydrogen) atoms. The summed E-state index contributed by atoms with van der Waals surface area (Å²) < 4.78 is 15.9. The maximum Gasteiger partial charge on any atom is 0.275 e. The molecule has 0 unspecified atom stereocenters. The number of carbonyl (C=O) groups excluding carboxylic acids is 1. The van der Waals surface area contributed by atoms with Crippen LogP contribution in [0, 0.1) is 0 Å². The van der Waals surface area contributed by atoms with Crippen molar-refractivity contribution in [2.45, 2.75) is 6.92 Å². The van der Waals surface area contributed by atoms with Crippen LogP contribution in [0.4, 0.5) is 0 Å². The molecule has 7 nitrogen and oxygen atoms in total. The number of amides is 1. The molecule has 2 rings (SSSR count). The Kier molecular flexibility index (Phi) is 5.84. The van der Waals surface area contributed by atoms with E-state index in [-0.39, 0.29) is 11.3 Å². The van der Waals surface area contributed by atoms with Gasteiger partial charge >= 0.3 is 0 Å². The Morgan fingerprint density at radius 1 is 1.04 bits per heavy atom. The Labute approximate surface area is 145 Å². The van der Waals surface area contributed by atoms with Crippen molar-refractivity contribution in [3.63, 3.8) is 0 Å². The van der Waals surface area contributed by atoms with Crippen molar-refractivity contribution in [2.24, 2.45) is 5.10 Å². The number of nitrogens with zero attached hydrogens (tertiary/aromatic N) is 1. The van der Waals surface area contributed by atoms with E-state index in [2.05, 4.69) is 10.5 Å². The SMILES string of the molecule is COc1cc(OC)c(/C(C)=N\NC(=O)c2ccccc2O)c(OC)c1. The molecule has 0 radical (unpaired) electrons. The number of rotatable bonds is 6. The van der Waals surface area contributed by atoms with Gasteiger partial charge in [-0.2, -0.15) is 5.10 Å². The lowest BCUT2D eigenvalue weighted by Gasteiger charge is -2.15. The molecule has 0 spiro atoms. The molecule has 0 saturated carbocycles. The van der Waals surface area contributed by atoms with Gasteiger partial charge in [-0.3, -0.25) is 4.79 Å². The molecule has 2 N–H and O–H groups in total. The zero-order valence-corrected chi connectivity index (χ0v) is 14.5. The van der Waals surface area contributed by atoms with Gasteiger partial charge in [0, 0.05) is 12.1 Å². The number of para-hydroxylation sites is 1. The molecule has 0 fully saturated rings. The lowest BCUT2D eigenvalue weighted by molar-refractivity contribution is 0.0952. The van der Waals surface area contributed by atoms with Crippen molar-refractivity contribution in [3.8, 4) is 23.0 Å². The summed E-state index contributed by atoms with van der Waals surface area (Å²) in [4.78, 5) is 12.1. The third-order valence-corrected chi connectivity index (χ3v) is 3.55. The standard InChI is InChI=1S/C18H20N2O5/c1-11(19-20-18(22)13-7-5-6-8-14(13)21)17-15(24-3)9-12(23-2)10-16(17)25-4/h5-10,21H,1-4H3,(H,20,22)/b19-11-. The molecule has 2 aromatic carbocycles. The maximum atomic E-state index is 12.1. The molecular formula is C18H20N2O5. The van der Waals surface area contributed by atoms with E-state index in [0.717, 1.165) is 0 Å². The van der Waals surface area contributed by atoms with Gasteiger partial charge in [-0.25, -0.2) is 5.43 Å². The predicted octanol–water partition coefficient (Wildman–Crippen LogP) is 2.57. The van der Waals surface area contributed by atoms with Crippen molar-refractivity contribution in [3.05, 3.63) is 47.5 Å². The molecular weight excluding hydrogens is 324 g/mol. The van der Waals surface area contributed by atoms with Crippen molar-refractivity contribution in [1.82, 2.24) is 5.43 Å². The molecule has 7 heteroatoms. The van der Waals surface area contributed by atoms with Gasteiger partial charge in [0.2, 0.25) is 0 Å². The highest BCUT2D eigenvalue weighted by molar-refractivity contribution is 6.05. The summed E-state index contributed by atoms with van der Waals surface area (Å²) >= 11 is 0. The van der Waals surface area contributed by atoms with Gasteiger partial charge < -0.3 is 19.3 Å². The molecule has 132 valence electrons. The summed E-state index contributed by atoms with van der Waals surface area (Å²) in [7, 11) is 4.58. The highest BCUT2D eigenvalue weighted by atomic mass is 16.5.